The fraction of sp³-hybridized carbons (Fsp3) is 0.520. The van der Waals surface area contributed by atoms with Gasteiger partial charge in [0.2, 0.25) is 17.7 Å². The van der Waals surface area contributed by atoms with Gasteiger partial charge in [-0.05, 0) is 33.8 Å². The number of ether oxygens (including phenoxy) is 3. The highest BCUT2D eigenvalue weighted by molar-refractivity contribution is 5.94. The Morgan fingerprint density at radius 3 is 2.39 bits per heavy atom. The molecule has 0 fully saturated rings. The molecule has 0 radical (unpaired) electrons. The SMILES string of the molecule is COCCN(C(=O)CCC(=O)Nc1cc(C)on1)[C@@H](C(=O)NC(C)(C)C)c1cccc(OC)c1OC. The van der Waals surface area contributed by atoms with Crippen LogP contribution in [0.4, 0.5) is 5.82 Å². The number of carbonyl (C=O) groups excluding carboxylic acids is 3. The van der Waals surface area contributed by atoms with E-state index in [-0.39, 0.29) is 31.8 Å². The van der Waals surface area contributed by atoms with E-state index in [9.17, 15) is 14.4 Å². The Kier molecular flexibility index (Phi) is 10.3. The zero-order chi connectivity index (χ0) is 26.9. The van der Waals surface area contributed by atoms with Crippen LogP contribution < -0.4 is 20.1 Å². The van der Waals surface area contributed by atoms with Crippen LogP contribution in [0.3, 0.4) is 0 Å². The summed E-state index contributed by atoms with van der Waals surface area (Å²) in [6, 6.07) is 5.66. The Labute approximate surface area is 211 Å². The van der Waals surface area contributed by atoms with Crippen molar-refractivity contribution >= 4 is 23.5 Å². The van der Waals surface area contributed by atoms with E-state index < -0.39 is 29.3 Å². The average molecular weight is 505 g/mol. The van der Waals surface area contributed by atoms with Crippen molar-refractivity contribution in [2.75, 3.05) is 39.8 Å². The minimum absolute atomic E-state index is 0.113. The summed E-state index contributed by atoms with van der Waals surface area (Å²) in [4.78, 5) is 40.8. The smallest absolute Gasteiger partial charge is 0.247 e. The topological polar surface area (TPSA) is 132 Å². The van der Waals surface area contributed by atoms with Crippen molar-refractivity contribution in [3.05, 3.63) is 35.6 Å². The number of hydrogen-bond acceptors (Lipinski definition) is 8. The average Bonchev–Trinajstić information content (AvgIpc) is 3.22. The van der Waals surface area contributed by atoms with Crippen molar-refractivity contribution < 1.29 is 33.1 Å². The molecule has 11 nitrogen and oxygen atoms in total. The maximum atomic E-state index is 13.6. The van der Waals surface area contributed by atoms with Crippen LogP contribution in [0.25, 0.3) is 0 Å². The summed E-state index contributed by atoms with van der Waals surface area (Å²) >= 11 is 0. The van der Waals surface area contributed by atoms with Gasteiger partial charge in [-0.3, -0.25) is 14.4 Å². The molecular formula is C25H36N4O7. The Morgan fingerprint density at radius 1 is 1.11 bits per heavy atom. The zero-order valence-corrected chi connectivity index (χ0v) is 22.0. The molecule has 2 rings (SSSR count). The number of hydrogen-bond donors (Lipinski definition) is 2. The lowest BCUT2D eigenvalue weighted by Gasteiger charge is -2.34. The first-order valence-electron chi connectivity index (χ1n) is 11.5. The lowest BCUT2D eigenvalue weighted by Crippen LogP contribution is -2.50. The maximum Gasteiger partial charge on any atom is 0.247 e. The largest absolute Gasteiger partial charge is 0.493 e. The van der Waals surface area contributed by atoms with Gasteiger partial charge in [-0.25, -0.2) is 0 Å². The molecule has 0 aliphatic carbocycles. The highest BCUT2D eigenvalue weighted by Gasteiger charge is 2.35. The van der Waals surface area contributed by atoms with E-state index in [1.807, 2.05) is 20.8 Å². The summed E-state index contributed by atoms with van der Waals surface area (Å²) in [6.45, 7) is 7.55. The Balaban J connectivity index is 2.38. The second-order valence-electron chi connectivity index (χ2n) is 9.18. The Hall–Kier alpha value is -3.60. The number of methoxy groups -OCH3 is 3. The van der Waals surface area contributed by atoms with E-state index in [1.54, 1.807) is 31.2 Å². The van der Waals surface area contributed by atoms with Gasteiger partial charge < -0.3 is 34.3 Å². The number of carbonyl (C=O) groups is 3. The molecule has 198 valence electrons. The van der Waals surface area contributed by atoms with Gasteiger partial charge in [0, 0.05) is 43.7 Å². The van der Waals surface area contributed by atoms with E-state index >= 15 is 0 Å². The minimum atomic E-state index is -1.06. The van der Waals surface area contributed by atoms with Crippen LogP contribution in [-0.4, -0.2) is 67.8 Å². The van der Waals surface area contributed by atoms with Crippen molar-refractivity contribution in [1.29, 1.82) is 0 Å². The molecule has 0 aliphatic heterocycles. The van der Waals surface area contributed by atoms with E-state index in [0.717, 1.165) is 0 Å². The van der Waals surface area contributed by atoms with Crippen LogP contribution in [0.2, 0.25) is 0 Å². The molecule has 1 aromatic heterocycles. The summed E-state index contributed by atoms with van der Waals surface area (Å²) in [6.07, 6.45) is -0.255. The molecule has 11 heteroatoms. The molecule has 1 atom stereocenters. The summed E-state index contributed by atoms with van der Waals surface area (Å²) in [7, 11) is 4.47. The fourth-order valence-corrected chi connectivity index (χ4v) is 3.60. The van der Waals surface area contributed by atoms with Gasteiger partial charge in [0.05, 0.1) is 20.8 Å². The lowest BCUT2D eigenvalue weighted by atomic mass is 9.99. The number of nitrogens with zero attached hydrogens (tertiary/aromatic N) is 2. The zero-order valence-electron chi connectivity index (χ0n) is 22.0. The van der Waals surface area contributed by atoms with Gasteiger partial charge >= 0.3 is 0 Å². The van der Waals surface area contributed by atoms with Gasteiger partial charge in [-0.1, -0.05) is 17.3 Å². The van der Waals surface area contributed by atoms with Gasteiger partial charge in [0.25, 0.3) is 0 Å². The quantitative estimate of drug-likeness (QED) is 0.451. The van der Waals surface area contributed by atoms with Gasteiger partial charge in [-0.15, -0.1) is 0 Å². The van der Waals surface area contributed by atoms with E-state index in [4.69, 9.17) is 18.7 Å². The predicted octanol–water partition coefficient (Wildman–Crippen LogP) is 2.85. The summed E-state index contributed by atoms with van der Waals surface area (Å²) in [5.74, 6) is 0.363. The van der Waals surface area contributed by atoms with Crippen LogP contribution in [0.5, 0.6) is 11.5 Å². The van der Waals surface area contributed by atoms with Crippen LogP contribution in [-0.2, 0) is 19.1 Å². The molecule has 1 heterocycles. The Bertz CT molecular complexity index is 1050. The van der Waals surface area contributed by atoms with Gasteiger partial charge in [-0.2, -0.15) is 0 Å². The van der Waals surface area contributed by atoms with E-state index in [2.05, 4.69) is 15.8 Å². The molecule has 0 unspecified atom stereocenters. The molecule has 0 bridgehead atoms. The number of nitrogens with one attached hydrogen (secondary N) is 2. The molecule has 2 aromatic rings. The standard InChI is InChI=1S/C25H36N4O7/c1-16-15-19(28-36-16)26-20(30)11-12-21(31)29(13-14-33-5)22(24(32)27-25(2,3)4)17-9-8-10-18(34-6)23(17)35-7/h8-10,15,22H,11-14H2,1-7H3,(H,27,32)(H,26,28,30)/t22-/m1/s1. The number of para-hydroxylation sites is 1. The van der Waals surface area contributed by atoms with E-state index in [0.29, 0.717) is 22.8 Å². The minimum Gasteiger partial charge on any atom is -0.493 e. The van der Waals surface area contributed by atoms with Crippen LogP contribution in [0.15, 0.2) is 28.8 Å². The second kappa shape index (κ2) is 12.9. The van der Waals surface area contributed by atoms with Crippen molar-refractivity contribution in [2.45, 2.75) is 52.1 Å². The number of anilines is 1. The number of amides is 3. The fourth-order valence-electron chi connectivity index (χ4n) is 3.60. The third kappa shape index (κ3) is 7.98. The first-order chi connectivity index (χ1) is 17.0. The second-order valence-corrected chi connectivity index (χ2v) is 9.18. The first kappa shape index (κ1) is 28.6. The predicted molar refractivity (Wildman–Crippen MR) is 133 cm³/mol. The first-order valence-corrected chi connectivity index (χ1v) is 11.5. The Morgan fingerprint density at radius 2 is 1.83 bits per heavy atom. The summed E-state index contributed by atoms with van der Waals surface area (Å²) in [5, 5.41) is 9.26. The highest BCUT2D eigenvalue weighted by Crippen LogP contribution is 2.37. The van der Waals surface area contributed by atoms with Crippen LogP contribution in [0.1, 0.15) is 51.0 Å². The monoisotopic (exact) mass is 504 g/mol. The number of rotatable bonds is 12. The number of benzene rings is 1. The van der Waals surface area contributed by atoms with Crippen molar-refractivity contribution in [2.24, 2.45) is 0 Å². The number of aromatic nitrogens is 1. The molecule has 2 N–H and O–H groups in total. The lowest BCUT2D eigenvalue weighted by molar-refractivity contribution is -0.142. The van der Waals surface area contributed by atoms with E-state index in [1.165, 1.54) is 26.2 Å². The molecule has 0 saturated heterocycles. The van der Waals surface area contributed by atoms with Gasteiger partial charge in [0.1, 0.15) is 11.8 Å². The third-order valence-electron chi connectivity index (χ3n) is 5.10. The third-order valence-corrected chi connectivity index (χ3v) is 5.10. The van der Waals surface area contributed by atoms with Crippen molar-refractivity contribution in [1.82, 2.24) is 15.4 Å². The normalized spacial score (nSPS) is 12.0. The highest BCUT2D eigenvalue weighted by atomic mass is 16.5. The summed E-state index contributed by atoms with van der Waals surface area (Å²) in [5.41, 5.74) is -0.113. The molecule has 36 heavy (non-hydrogen) atoms. The molecule has 0 spiro atoms. The maximum absolute atomic E-state index is 13.6. The van der Waals surface area contributed by atoms with Crippen molar-refractivity contribution in [3.63, 3.8) is 0 Å². The van der Waals surface area contributed by atoms with Crippen LogP contribution >= 0.6 is 0 Å². The van der Waals surface area contributed by atoms with Gasteiger partial charge in [0.15, 0.2) is 17.3 Å². The molecule has 0 saturated carbocycles. The summed E-state index contributed by atoms with van der Waals surface area (Å²) < 4.78 is 21.1. The molecule has 3 amide bonds. The molecule has 0 aliphatic rings. The van der Waals surface area contributed by atoms with Crippen LogP contribution in [0, 0.1) is 6.92 Å². The molecular weight excluding hydrogens is 468 g/mol. The number of aryl methyl sites for hydroxylation is 1. The van der Waals surface area contributed by atoms with Crippen molar-refractivity contribution in [3.8, 4) is 11.5 Å². The molecule has 1 aromatic carbocycles.